The first-order chi connectivity index (χ1) is 9.42. The maximum Gasteiger partial charge on any atom is 0.250 e. The number of nitrogens with one attached hydrogen (secondary N) is 1. The molecule has 0 aromatic carbocycles. The Morgan fingerprint density at radius 1 is 1.45 bits per heavy atom. The van der Waals surface area contributed by atoms with E-state index >= 15 is 0 Å². The molecule has 0 spiro atoms. The number of nitrogens with zero attached hydrogens (tertiary/aromatic N) is 2. The molecule has 2 N–H and O–H groups in total. The van der Waals surface area contributed by atoms with E-state index in [1.54, 1.807) is 30.1 Å². The lowest BCUT2D eigenvalue weighted by Crippen LogP contribution is -2.22. The summed E-state index contributed by atoms with van der Waals surface area (Å²) in [5, 5.41) is 13.0. The Hall–Kier alpha value is -1.22. The van der Waals surface area contributed by atoms with E-state index < -0.39 is 10.0 Å². The molecule has 0 aliphatic carbocycles. The van der Waals surface area contributed by atoms with Crippen molar-refractivity contribution < 1.29 is 13.5 Å². The highest BCUT2D eigenvalue weighted by atomic mass is 32.2. The van der Waals surface area contributed by atoms with Crippen molar-refractivity contribution in [3.63, 3.8) is 0 Å². The largest absolute Gasteiger partial charge is 0.396 e. The number of hydrogen-bond acceptors (Lipinski definition) is 5. The van der Waals surface area contributed by atoms with Gasteiger partial charge in [-0.15, -0.1) is 11.3 Å². The molecule has 2 aromatic heterocycles. The van der Waals surface area contributed by atoms with Crippen molar-refractivity contribution in [3.05, 3.63) is 34.5 Å². The zero-order chi connectivity index (χ0) is 14.8. The first-order valence-electron chi connectivity index (χ1n) is 6.11. The van der Waals surface area contributed by atoms with Gasteiger partial charge in [-0.25, -0.2) is 13.1 Å². The second-order valence-corrected chi connectivity index (χ2v) is 7.59. The zero-order valence-electron chi connectivity index (χ0n) is 11.3. The molecule has 0 saturated carbocycles. The Labute approximate surface area is 122 Å². The highest BCUT2D eigenvalue weighted by Crippen LogP contribution is 2.22. The van der Waals surface area contributed by atoms with E-state index in [4.69, 9.17) is 5.11 Å². The molecule has 2 aromatic rings. The number of sulfonamides is 1. The van der Waals surface area contributed by atoms with E-state index in [2.05, 4.69) is 9.82 Å². The molecule has 0 aliphatic rings. The Kier molecular flexibility index (Phi) is 4.59. The summed E-state index contributed by atoms with van der Waals surface area (Å²) in [5.41, 5.74) is 1.66. The molecule has 0 atom stereocenters. The number of rotatable bonds is 6. The Morgan fingerprint density at radius 3 is 2.80 bits per heavy atom. The van der Waals surface area contributed by atoms with Crippen LogP contribution in [0.1, 0.15) is 16.1 Å². The van der Waals surface area contributed by atoms with Gasteiger partial charge in [-0.05, 0) is 19.1 Å². The standard InChI is InChI=1S/C12H17N3O3S2/c1-9-10(8-15(2)14-9)7-13-20(17,18)12-4-3-11(19-12)5-6-16/h3-4,8,13,16H,5-7H2,1-2H3. The molecule has 0 unspecified atom stereocenters. The van der Waals surface area contributed by atoms with E-state index in [0.29, 0.717) is 6.42 Å². The molecule has 2 heterocycles. The highest BCUT2D eigenvalue weighted by Gasteiger charge is 2.17. The molecule has 0 bridgehead atoms. The third kappa shape index (κ3) is 3.45. The van der Waals surface area contributed by atoms with E-state index in [1.165, 1.54) is 11.3 Å². The van der Waals surface area contributed by atoms with Crippen molar-refractivity contribution in [1.82, 2.24) is 14.5 Å². The van der Waals surface area contributed by atoms with Crippen LogP contribution in [0.15, 0.2) is 22.5 Å². The number of aliphatic hydroxyl groups excluding tert-OH is 1. The molecule has 20 heavy (non-hydrogen) atoms. The monoisotopic (exact) mass is 315 g/mol. The van der Waals surface area contributed by atoms with E-state index in [1.807, 2.05) is 6.92 Å². The van der Waals surface area contributed by atoms with Gasteiger partial charge in [0.05, 0.1) is 5.69 Å². The van der Waals surface area contributed by atoms with Crippen LogP contribution >= 0.6 is 11.3 Å². The minimum atomic E-state index is -3.51. The molecular weight excluding hydrogens is 298 g/mol. The summed E-state index contributed by atoms with van der Waals surface area (Å²) < 4.78 is 28.8. The van der Waals surface area contributed by atoms with Gasteiger partial charge in [-0.2, -0.15) is 5.10 Å². The van der Waals surface area contributed by atoms with E-state index in [0.717, 1.165) is 16.1 Å². The lowest BCUT2D eigenvalue weighted by Gasteiger charge is -2.03. The Morgan fingerprint density at radius 2 is 2.20 bits per heavy atom. The summed E-state index contributed by atoms with van der Waals surface area (Å²) in [6, 6.07) is 3.29. The normalized spacial score (nSPS) is 11.9. The average molecular weight is 315 g/mol. The SMILES string of the molecule is Cc1nn(C)cc1CNS(=O)(=O)c1ccc(CCO)s1. The predicted octanol–water partition coefficient (Wildman–Crippen LogP) is 0.803. The van der Waals surface area contributed by atoms with Crippen molar-refractivity contribution in [3.8, 4) is 0 Å². The molecule has 2 rings (SSSR count). The van der Waals surface area contributed by atoms with Crippen LogP contribution in [0.4, 0.5) is 0 Å². The summed E-state index contributed by atoms with van der Waals surface area (Å²) >= 11 is 1.18. The molecule has 8 heteroatoms. The summed E-state index contributed by atoms with van der Waals surface area (Å²) in [4.78, 5) is 0.852. The topological polar surface area (TPSA) is 84.2 Å². The molecule has 0 radical (unpaired) electrons. The van der Waals surface area contributed by atoms with Gasteiger partial charge < -0.3 is 5.11 Å². The second kappa shape index (κ2) is 6.04. The molecule has 0 amide bonds. The van der Waals surface area contributed by atoms with Crippen molar-refractivity contribution in [1.29, 1.82) is 0 Å². The van der Waals surface area contributed by atoms with Crippen LogP contribution in [0, 0.1) is 6.92 Å². The lowest BCUT2D eigenvalue weighted by atomic mass is 10.3. The van der Waals surface area contributed by atoms with Gasteiger partial charge in [-0.1, -0.05) is 0 Å². The number of aromatic nitrogens is 2. The number of aliphatic hydroxyl groups is 1. The molecule has 0 saturated heterocycles. The summed E-state index contributed by atoms with van der Waals surface area (Å²) in [6.45, 7) is 2.08. The summed E-state index contributed by atoms with van der Waals surface area (Å²) in [7, 11) is -1.72. The van der Waals surface area contributed by atoms with Crippen LogP contribution in [0.3, 0.4) is 0 Å². The lowest BCUT2D eigenvalue weighted by molar-refractivity contribution is 0.300. The summed E-state index contributed by atoms with van der Waals surface area (Å²) in [6.07, 6.45) is 2.27. The van der Waals surface area contributed by atoms with Crippen LogP contribution in [-0.4, -0.2) is 29.9 Å². The van der Waals surface area contributed by atoms with Crippen LogP contribution in [0.5, 0.6) is 0 Å². The number of aryl methyl sites for hydroxylation is 2. The van der Waals surface area contributed by atoms with Crippen LogP contribution in [0.25, 0.3) is 0 Å². The van der Waals surface area contributed by atoms with E-state index in [9.17, 15) is 8.42 Å². The summed E-state index contributed by atoms with van der Waals surface area (Å²) in [5.74, 6) is 0. The van der Waals surface area contributed by atoms with E-state index in [-0.39, 0.29) is 17.4 Å². The Balaban J connectivity index is 2.08. The van der Waals surface area contributed by atoms with Crippen molar-refractivity contribution in [2.45, 2.75) is 24.1 Å². The average Bonchev–Trinajstić information content (AvgIpc) is 2.95. The first kappa shape index (κ1) is 15.2. The Bertz CT molecular complexity index is 689. The van der Waals surface area contributed by atoms with Gasteiger partial charge in [0.15, 0.2) is 0 Å². The third-order valence-corrected chi connectivity index (χ3v) is 5.87. The van der Waals surface area contributed by atoms with Gasteiger partial charge in [0.1, 0.15) is 4.21 Å². The van der Waals surface area contributed by atoms with Gasteiger partial charge in [0, 0.05) is 43.3 Å². The smallest absolute Gasteiger partial charge is 0.250 e. The minimum absolute atomic E-state index is 0.0162. The van der Waals surface area contributed by atoms with Gasteiger partial charge in [-0.3, -0.25) is 4.68 Å². The maximum absolute atomic E-state index is 12.2. The van der Waals surface area contributed by atoms with Gasteiger partial charge >= 0.3 is 0 Å². The molecular formula is C12H17N3O3S2. The fourth-order valence-electron chi connectivity index (χ4n) is 1.81. The van der Waals surface area contributed by atoms with Gasteiger partial charge in [0.25, 0.3) is 0 Å². The number of thiophene rings is 1. The van der Waals surface area contributed by atoms with Crippen molar-refractivity contribution in [2.75, 3.05) is 6.61 Å². The van der Waals surface area contributed by atoms with Gasteiger partial charge in [0.2, 0.25) is 10.0 Å². The van der Waals surface area contributed by atoms with Crippen LogP contribution < -0.4 is 4.72 Å². The van der Waals surface area contributed by atoms with Crippen molar-refractivity contribution >= 4 is 21.4 Å². The molecule has 0 aliphatic heterocycles. The molecule has 0 fully saturated rings. The predicted molar refractivity (Wildman–Crippen MR) is 77.1 cm³/mol. The maximum atomic E-state index is 12.2. The minimum Gasteiger partial charge on any atom is -0.396 e. The van der Waals surface area contributed by atoms with Crippen molar-refractivity contribution in [2.24, 2.45) is 7.05 Å². The third-order valence-electron chi connectivity index (χ3n) is 2.83. The quantitative estimate of drug-likeness (QED) is 0.826. The van der Waals surface area contributed by atoms with Crippen LogP contribution in [0.2, 0.25) is 0 Å². The first-order valence-corrected chi connectivity index (χ1v) is 8.40. The zero-order valence-corrected chi connectivity index (χ0v) is 13.0. The molecule has 110 valence electrons. The highest BCUT2D eigenvalue weighted by molar-refractivity contribution is 7.91. The molecule has 6 nitrogen and oxygen atoms in total. The fraction of sp³-hybridized carbons (Fsp3) is 0.417. The fourth-order valence-corrected chi connectivity index (χ4v) is 4.21. The number of hydrogen-bond donors (Lipinski definition) is 2. The van der Waals surface area contributed by atoms with Crippen LogP contribution in [-0.2, 0) is 30.0 Å². The second-order valence-electron chi connectivity index (χ2n) is 4.43.